The molecule has 146 valence electrons. The van der Waals surface area contributed by atoms with Gasteiger partial charge in [-0.3, -0.25) is 4.79 Å². The number of nitrogens with zero attached hydrogens (tertiary/aromatic N) is 1. The van der Waals surface area contributed by atoms with Gasteiger partial charge in [-0.2, -0.15) is 4.31 Å². The molecule has 1 aromatic heterocycles. The molecule has 0 saturated carbocycles. The monoisotopic (exact) mass is 414 g/mol. The van der Waals surface area contributed by atoms with E-state index in [1.807, 2.05) is 49.4 Å². The number of amides is 1. The molecule has 1 fully saturated rings. The summed E-state index contributed by atoms with van der Waals surface area (Å²) < 4.78 is 27.5. The van der Waals surface area contributed by atoms with Crippen molar-refractivity contribution in [2.24, 2.45) is 0 Å². The van der Waals surface area contributed by atoms with Crippen LogP contribution in [0.4, 0.5) is 0 Å². The van der Waals surface area contributed by atoms with Crippen molar-refractivity contribution < 1.29 is 13.2 Å². The van der Waals surface area contributed by atoms with E-state index in [2.05, 4.69) is 5.32 Å². The number of thiophene rings is 1. The van der Waals surface area contributed by atoms with Crippen LogP contribution in [0.5, 0.6) is 0 Å². The zero-order valence-corrected chi connectivity index (χ0v) is 17.2. The van der Waals surface area contributed by atoms with Crippen molar-refractivity contribution in [3.63, 3.8) is 0 Å². The first kappa shape index (κ1) is 19.1. The first-order valence-electron chi connectivity index (χ1n) is 9.29. The number of sulfonamides is 1. The predicted molar refractivity (Wildman–Crippen MR) is 112 cm³/mol. The summed E-state index contributed by atoms with van der Waals surface area (Å²) in [5.41, 5.74) is 0.994. The fraction of sp³-hybridized carbons (Fsp3) is 0.286. The molecule has 2 heterocycles. The molecule has 0 unspecified atom stereocenters. The highest BCUT2D eigenvalue weighted by Gasteiger charge is 2.39. The fourth-order valence-corrected chi connectivity index (χ4v) is 6.68. The fourth-order valence-electron chi connectivity index (χ4n) is 3.61. The summed E-state index contributed by atoms with van der Waals surface area (Å²) >= 11 is 1.25. The van der Waals surface area contributed by atoms with Crippen molar-refractivity contribution in [3.8, 4) is 0 Å². The minimum absolute atomic E-state index is 0.234. The highest BCUT2D eigenvalue weighted by Crippen LogP contribution is 2.30. The zero-order valence-electron chi connectivity index (χ0n) is 15.6. The zero-order chi connectivity index (χ0) is 19.7. The SMILES string of the molecule is Cc1ccc(S(=O)(=O)N2CCC[C@@H]2C(=O)NCc2ccc3ccccc3c2)s1. The molecule has 0 spiro atoms. The van der Waals surface area contributed by atoms with Crippen LogP contribution >= 0.6 is 11.3 Å². The van der Waals surface area contributed by atoms with E-state index in [4.69, 9.17) is 0 Å². The lowest BCUT2D eigenvalue weighted by atomic mass is 10.1. The van der Waals surface area contributed by atoms with Crippen LogP contribution in [0.3, 0.4) is 0 Å². The number of rotatable bonds is 5. The Bertz CT molecular complexity index is 1120. The lowest BCUT2D eigenvalue weighted by Gasteiger charge is -2.22. The Morgan fingerprint density at radius 3 is 2.68 bits per heavy atom. The van der Waals surface area contributed by atoms with E-state index in [9.17, 15) is 13.2 Å². The van der Waals surface area contributed by atoms with E-state index in [-0.39, 0.29) is 5.91 Å². The maximum Gasteiger partial charge on any atom is 0.253 e. The van der Waals surface area contributed by atoms with Gasteiger partial charge in [0.15, 0.2) is 0 Å². The molecule has 28 heavy (non-hydrogen) atoms. The van der Waals surface area contributed by atoms with Gasteiger partial charge in [0.2, 0.25) is 5.91 Å². The van der Waals surface area contributed by atoms with Gasteiger partial charge in [0.1, 0.15) is 10.3 Å². The molecule has 0 aliphatic carbocycles. The minimum atomic E-state index is -3.63. The van der Waals surface area contributed by atoms with Gasteiger partial charge in [0, 0.05) is 18.0 Å². The highest BCUT2D eigenvalue weighted by molar-refractivity contribution is 7.91. The van der Waals surface area contributed by atoms with Gasteiger partial charge in [-0.15, -0.1) is 11.3 Å². The Balaban J connectivity index is 1.47. The predicted octanol–water partition coefficient (Wildman–Crippen LogP) is 3.68. The second-order valence-corrected chi connectivity index (χ2v) is 10.4. The summed E-state index contributed by atoms with van der Waals surface area (Å²) in [5.74, 6) is -0.234. The van der Waals surface area contributed by atoms with Gasteiger partial charge in [-0.1, -0.05) is 36.4 Å². The molecule has 1 aliphatic rings. The van der Waals surface area contributed by atoms with Crippen LogP contribution in [0.1, 0.15) is 23.3 Å². The van der Waals surface area contributed by atoms with Crippen molar-refractivity contribution >= 4 is 38.0 Å². The smallest absolute Gasteiger partial charge is 0.253 e. The summed E-state index contributed by atoms with van der Waals surface area (Å²) in [6.45, 7) is 2.64. The second kappa shape index (κ2) is 7.66. The molecule has 3 aromatic rings. The number of hydrogen-bond donors (Lipinski definition) is 1. The van der Waals surface area contributed by atoms with E-state index in [1.54, 1.807) is 12.1 Å². The third kappa shape index (κ3) is 3.70. The number of fused-ring (bicyclic) bond motifs is 1. The van der Waals surface area contributed by atoms with E-state index >= 15 is 0 Å². The third-order valence-corrected chi connectivity index (χ3v) is 8.44. The van der Waals surface area contributed by atoms with Crippen molar-refractivity contribution in [1.82, 2.24) is 9.62 Å². The highest BCUT2D eigenvalue weighted by atomic mass is 32.2. The first-order valence-corrected chi connectivity index (χ1v) is 11.5. The van der Waals surface area contributed by atoms with Crippen LogP contribution in [-0.2, 0) is 21.4 Å². The molecule has 5 nitrogen and oxygen atoms in total. The maximum absolute atomic E-state index is 12.9. The quantitative estimate of drug-likeness (QED) is 0.693. The number of nitrogens with one attached hydrogen (secondary N) is 1. The van der Waals surface area contributed by atoms with Crippen LogP contribution < -0.4 is 5.32 Å². The van der Waals surface area contributed by atoms with Gasteiger partial charge in [0.25, 0.3) is 10.0 Å². The van der Waals surface area contributed by atoms with E-state index in [0.29, 0.717) is 30.1 Å². The Kier molecular flexibility index (Phi) is 5.23. The number of benzene rings is 2. The van der Waals surface area contributed by atoms with E-state index in [1.165, 1.54) is 15.6 Å². The maximum atomic E-state index is 12.9. The summed E-state index contributed by atoms with van der Waals surface area (Å²) in [6.07, 6.45) is 1.24. The number of aryl methyl sites for hydroxylation is 1. The minimum Gasteiger partial charge on any atom is -0.351 e. The largest absolute Gasteiger partial charge is 0.351 e. The van der Waals surface area contributed by atoms with E-state index in [0.717, 1.165) is 21.2 Å². The molecule has 1 saturated heterocycles. The molecule has 1 aliphatic heterocycles. The lowest BCUT2D eigenvalue weighted by Crippen LogP contribution is -2.45. The van der Waals surface area contributed by atoms with Crippen molar-refractivity contribution in [2.45, 2.75) is 36.6 Å². The summed E-state index contributed by atoms with van der Waals surface area (Å²) in [7, 11) is -3.63. The molecule has 7 heteroatoms. The van der Waals surface area contributed by atoms with Gasteiger partial charge in [-0.25, -0.2) is 8.42 Å². The van der Waals surface area contributed by atoms with Crippen molar-refractivity contribution in [3.05, 3.63) is 65.0 Å². The molecule has 0 radical (unpaired) electrons. The molecule has 1 N–H and O–H groups in total. The van der Waals surface area contributed by atoms with Crippen molar-refractivity contribution in [2.75, 3.05) is 6.54 Å². The number of carbonyl (C=O) groups excluding carboxylic acids is 1. The molecule has 2 aromatic carbocycles. The van der Waals surface area contributed by atoms with Crippen LogP contribution in [0.2, 0.25) is 0 Å². The average Bonchev–Trinajstić information content (AvgIpc) is 3.36. The Labute approximate surface area is 169 Å². The molecular weight excluding hydrogens is 392 g/mol. The van der Waals surface area contributed by atoms with Gasteiger partial charge < -0.3 is 5.32 Å². The van der Waals surface area contributed by atoms with Crippen LogP contribution in [-0.4, -0.2) is 31.2 Å². The van der Waals surface area contributed by atoms with Crippen LogP contribution in [0.15, 0.2) is 58.8 Å². The molecule has 4 rings (SSSR count). The summed E-state index contributed by atoms with van der Waals surface area (Å²) in [5, 5.41) is 5.19. The molecule has 0 bridgehead atoms. The summed E-state index contributed by atoms with van der Waals surface area (Å²) in [6, 6.07) is 16.9. The summed E-state index contributed by atoms with van der Waals surface area (Å²) in [4.78, 5) is 13.7. The lowest BCUT2D eigenvalue weighted by molar-refractivity contribution is -0.124. The van der Waals surface area contributed by atoms with Gasteiger partial charge in [0.05, 0.1) is 0 Å². The normalized spacial score (nSPS) is 17.8. The van der Waals surface area contributed by atoms with E-state index < -0.39 is 16.1 Å². The third-order valence-electron chi connectivity index (χ3n) is 5.07. The number of hydrogen-bond acceptors (Lipinski definition) is 4. The topological polar surface area (TPSA) is 66.5 Å². The first-order chi connectivity index (χ1) is 13.4. The Morgan fingerprint density at radius 2 is 1.93 bits per heavy atom. The molecule has 1 atom stereocenters. The molecular formula is C21H22N2O3S2. The van der Waals surface area contributed by atoms with Crippen molar-refractivity contribution in [1.29, 1.82) is 0 Å². The number of carbonyl (C=O) groups is 1. The Hall–Kier alpha value is -2.22. The van der Waals surface area contributed by atoms with Crippen LogP contribution in [0.25, 0.3) is 10.8 Å². The van der Waals surface area contributed by atoms with Gasteiger partial charge in [-0.05, 0) is 54.3 Å². The second-order valence-electron chi connectivity index (χ2n) is 7.04. The average molecular weight is 415 g/mol. The van der Waals surface area contributed by atoms with Crippen LogP contribution in [0, 0.1) is 6.92 Å². The molecule has 1 amide bonds. The standard InChI is InChI=1S/C21H22N2O3S2/c1-15-8-11-20(27-15)28(25,26)23-12-4-7-19(23)21(24)22-14-16-9-10-17-5-2-3-6-18(17)13-16/h2-3,5-6,8-11,13,19H,4,7,12,14H2,1H3,(H,22,24)/t19-/m1/s1. The van der Waals surface area contributed by atoms with Gasteiger partial charge >= 0.3 is 0 Å². The Morgan fingerprint density at radius 1 is 1.14 bits per heavy atom.